The first-order valence-corrected chi connectivity index (χ1v) is 10.8. The number of anilines is 1. The van der Waals surface area contributed by atoms with E-state index in [2.05, 4.69) is 5.32 Å². The quantitative estimate of drug-likeness (QED) is 0.663. The lowest BCUT2D eigenvalue weighted by atomic mass is 10.1. The van der Waals surface area contributed by atoms with Crippen LogP contribution in [-0.4, -0.2) is 20.6 Å². The third-order valence-electron chi connectivity index (χ3n) is 3.99. The molecule has 3 aromatic rings. The molecule has 5 nitrogen and oxygen atoms in total. The highest BCUT2D eigenvalue weighted by atomic mass is 32.2. The van der Waals surface area contributed by atoms with Crippen molar-refractivity contribution in [3.8, 4) is 11.5 Å². The van der Waals surface area contributed by atoms with Crippen LogP contribution in [0.4, 0.5) is 5.69 Å². The molecule has 0 bridgehead atoms. The third-order valence-corrected chi connectivity index (χ3v) is 4.84. The van der Waals surface area contributed by atoms with Gasteiger partial charge in [0.1, 0.15) is 11.5 Å². The van der Waals surface area contributed by atoms with Crippen LogP contribution in [0.3, 0.4) is 0 Å². The van der Waals surface area contributed by atoms with Gasteiger partial charge in [0, 0.05) is 17.5 Å². The Balaban J connectivity index is 1.66. The van der Waals surface area contributed by atoms with E-state index in [4.69, 9.17) is 4.74 Å². The monoisotopic (exact) mass is 395 g/mol. The summed E-state index contributed by atoms with van der Waals surface area (Å²) in [5.74, 6) is 1.00. The highest BCUT2D eigenvalue weighted by Gasteiger charge is 2.10. The van der Waals surface area contributed by atoms with Crippen LogP contribution < -0.4 is 10.1 Å². The van der Waals surface area contributed by atoms with Gasteiger partial charge in [-0.15, -0.1) is 0 Å². The minimum absolute atomic E-state index is 0.0980. The van der Waals surface area contributed by atoms with Crippen LogP contribution in [0.2, 0.25) is 0 Å². The summed E-state index contributed by atoms with van der Waals surface area (Å²) in [7, 11) is -3.16. The third kappa shape index (κ3) is 5.69. The van der Waals surface area contributed by atoms with Gasteiger partial charge >= 0.3 is 0 Å². The summed E-state index contributed by atoms with van der Waals surface area (Å²) in [5, 5.41) is 2.80. The SMILES string of the molecule is Cc1ccc(Oc2ccc(NC(=O)c3cccc(CS(C)(=O)=O)c3)cc2)cc1. The van der Waals surface area contributed by atoms with Crippen LogP contribution in [0.15, 0.2) is 72.8 Å². The summed E-state index contributed by atoms with van der Waals surface area (Å²) < 4.78 is 28.7. The largest absolute Gasteiger partial charge is 0.457 e. The maximum atomic E-state index is 12.4. The molecule has 144 valence electrons. The van der Waals surface area contributed by atoms with Crippen LogP contribution in [-0.2, 0) is 15.6 Å². The average molecular weight is 395 g/mol. The standard InChI is InChI=1S/C22H21NO4S/c1-16-6-10-20(11-7-16)27-21-12-8-19(9-13-21)23-22(24)18-5-3-4-17(14-18)15-28(2,25)26/h3-14H,15H2,1-2H3,(H,23,24). The van der Waals surface area contributed by atoms with Crippen molar-refractivity contribution in [3.05, 3.63) is 89.5 Å². The molecule has 0 fully saturated rings. The molecular formula is C22H21NO4S. The first kappa shape index (κ1) is 19.6. The molecule has 0 radical (unpaired) electrons. The van der Waals surface area contributed by atoms with E-state index in [1.54, 1.807) is 48.5 Å². The van der Waals surface area contributed by atoms with Crippen molar-refractivity contribution in [2.75, 3.05) is 11.6 Å². The molecule has 0 unspecified atom stereocenters. The van der Waals surface area contributed by atoms with E-state index in [9.17, 15) is 13.2 Å². The zero-order chi connectivity index (χ0) is 20.1. The Hall–Kier alpha value is -3.12. The van der Waals surface area contributed by atoms with E-state index in [0.717, 1.165) is 11.3 Å². The number of benzene rings is 3. The Morgan fingerprint density at radius 1 is 0.929 bits per heavy atom. The van der Waals surface area contributed by atoms with Crippen LogP contribution in [0.5, 0.6) is 11.5 Å². The number of carbonyl (C=O) groups excluding carboxylic acids is 1. The van der Waals surface area contributed by atoms with Crippen molar-refractivity contribution >= 4 is 21.4 Å². The van der Waals surface area contributed by atoms with Crippen LogP contribution >= 0.6 is 0 Å². The molecule has 1 N–H and O–H groups in total. The molecule has 0 atom stereocenters. The Morgan fingerprint density at radius 3 is 2.14 bits per heavy atom. The number of ether oxygens (including phenoxy) is 1. The van der Waals surface area contributed by atoms with E-state index < -0.39 is 9.84 Å². The summed E-state index contributed by atoms with van der Waals surface area (Å²) in [4.78, 5) is 12.4. The number of carbonyl (C=O) groups is 1. The van der Waals surface area contributed by atoms with Gasteiger partial charge < -0.3 is 10.1 Å². The topological polar surface area (TPSA) is 72.5 Å². The molecule has 0 aliphatic rings. The fourth-order valence-electron chi connectivity index (χ4n) is 2.66. The molecule has 0 heterocycles. The van der Waals surface area contributed by atoms with Crippen molar-refractivity contribution in [2.24, 2.45) is 0 Å². The predicted octanol–water partition coefficient (Wildman–Crippen LogP) is 4.58. The molecular weight excluding hydrogens is 374 g/mol. The fraction of sp³-hybridized carbons (Fsp3) is 0.136. The minimum Gasteiger partial charge on any atom is -0.457 e. The molecule has 0 aliphatic carbocycles. The van der Waals surface area contributed by atoms with Crippen molar-refractivity contribution in [1.29, 1.82) is 0 Å². The van der Waals surface area contributed by atoms with Gasteiger partial charge in [0.25, 0.3) is 5.91 Å². The molecule has 0 aromatic heterocycles. The highest BCUT2D eigenvalue weighted by molar-refractivity contribution is 7.89. The van der Waals surface area contributed by atoms with Gasteiger partial charge in [0.05, 0.1) is 5.75 Å². The smallest absolute Gasteiger partial charge is 0.255 e. The number of nitrogens with one attached hydrogen (secondary N) is 1. The second-order valence-corrected chi connectivity index (χ2v) is 8.80. The highest BCUT2D eigenvalue weighted by Crippen LogP contribution is 2.23. The van der Waals surface area contributed by atoms with Gasteiger partial charge in [-0.2, -0.15) is 0 Å². The molecule has 1 amide bonds. The Kier molecular flexibility index (Phi) is 5.80. The van der Waals surface area contributed by atoms with Crippen molar-refractivity contribution in [3.63, 3.8) is 0 Å². The van der Waals surface area contributed by atoms with Crippen LogP contribution in [0, 0.1) is 6.92 Å². The normalized spacial score (nSPS) is 11.1. The summed E-state index contributed by atoms with van der Waals surface area (Å²) >= 11 is 0. The Morgan fingerprint density at radius 2 is 1.54 bits per heavy atom. The second-order valence-electron chi connectivity index (χ2n) is 6.66. The lowest BCUT2D eigenvalue weighted by Crippen LogP contribution is -2.12. The van der Waals surface area contributed by atoms with Gasteiger partial charge in [0.2, 0.25) is 0 Å². The van der Waals surface area contributed by atoms with Crippen molar-refractivity contribution in [2.45, 2.75) is 12.7 Å². The zero-order valence-electron chi connectivity index (χ0n) is 15.7. The summed E-state index contributed by atoms with van der Waals surface area (Å²) in [6.07, 6.45) is 1.17. The second kappa shape index (κ2) is 8.27. The fourth-order valence-corrected chi connectivity index (χ4v) is 3.44. The van der Waals surface area contributed by atoms with E-state index >= 15 is 0 Å². The van der Waals surface area contributed by atoms with Crippen molar-refractivity contribution in [1.82, 2.24) is 0 Å². The van der Waals surface area contributed by atoms with Gasteiger partial charge in [-0.1, -0.05) is 29.8 Å². The molecule has 0 saturated carbocycles. The molecule has 3 aromatic carbocycles. The summed E-state index contributed by atoms with van der Waals surface area (Å²) in [6.45, 7) is 2.01. The minimum atomic E-state index is -3.16. The molecule has 28 heavy (non-hydrogen) atoms. The Labute approximate surface area is 164 Å². The summed E-state index contributed by atoms with van der Waals surface area (Å²) in [6, 6.07) is 21.4. The van der Waals surface area contributed by atoms with Crippen LogP contribution in [0.1, 0.15) is 21.5 Å². The van der Waals surface area contributed by atoms with E-state index in [1.165, 1.54) is 6.26 Å². The number of aryl methyl sites for hydroxylation is 1. The molecule has 0 saturated heterocycles. The van der Waals surface area contributed by atoms with Gasteiger partial charge in [-0.05, 0) is 61.0 Å². The lowest BCUT2D eigenvalue weighted by molar-refractivity contribution is 0.102. The summed E-state index contributed by atoms with van der Waals surface area (Å²) in [5.41, 5.74) is 2.76. The average Bonchev–Trinajstić information content (AvgIpc) is 2.64. The number of rotatable bonds is 6. The number of sulfone groups is 1. The van der Waals surface area contributed by atoms with Gasteiger partial charge in [-0.25, -0.2) is 8.42 Å². The first-order chi connectivity index (χ1) is 13.3. The molecule has 0 aliphatic heterocycles. The van der Waals surface area contributed by atoms with Crippen molar-refractivity contribution < 1.29 is 17.9 Å². The zero-order valence-corrected chi connectivity index (χ0v) is 16.5. The van der Waals surface area contributed by atoms with Gasteiger partial charge in [0.15, 0.2) is 9.84 Å². The first-order valence-electron chi connectivity index (χ1n) is 8.71. The number of hydrogen-bond donors (Lipinski definition) is 1. The van der Waals surface area contributed by atoms with Gasteiger partial charge in [-0.3, -0.25) is 4.79 Å². The maximum Gasteiger partial charge on any atom is 0.255 e. The number of hydrogen-bond acceptors (Lipinski definition) is 4. The Bertz CT molecular complexity index is 1070. The van der Waals surface area contributed by atoms with E-state index in [1.807, 2.05) is 31.2 Å². The van der Waals surface area contributed by atoms with Crippen LogP contribution in [0.25, 0.3) is 0 Å². The molecule has 6 heteroatoms. The molecule has 0 spiro atoms. The lowest BCUT2D eigenvalue weighted by Gasteiger charge is -2.09. The molecule has 3 rings (SSSR count). The predicted molar refractivity (Wildman–Crippen MR) is 111 cm³/mol. The van der Waals surface area contributed by atoms with E-state index in [-0.39, 0.29) is 11.7 Å². The maximum absolute atomic E-state index is 12.4. The van der Waals surface area contributed by atoms with E-state index in [0.29, 0.717) is 22.6 Å². The number of amides is 1.